The Morgan fingerprint density at radius 1 is 1.25 bits per heavy atom. The number of nitrogens with one attached hydrogen (secondary N) is 1. The Morgan fingerprint density at radius 3 is 2.78 bits per heavy atom. The molecular formula is C23H29N5O2S2. The van der Waals surface area contributed by atoms with Gasteiger partial charge in [0.05, 0.1) is 0 Å². The largest absolute Gasteiger partial charge is 0.486 e. The molecule has 7 nitrogen and oxygen atoms in total. The first-order valence-electron chi connectivity index (χ1n) is 11.0. The Hall–Kier alpha value is -2.39. The second-order valence-electron chi connectivity index (χ2n) is 8.00. The lowest BCUT2D eigenvalue weighted by molar-refractivity contribution is 0.0948. The molecule has 1 aromatic carbocycles. The first-order chi connectivity index (χ1) is 15.6. The number of hydrogen-bond acceptors (Lipinski definition) is 7. The number of nitrogens with zero attached hydrogens (tertiary/aromatic N) is 4. The Balaban J connectivity index is 1.23. The van der Waals surface area contributed by atoms with E-state index in [1.165, 1.54) is 42.6 Å². The first-order valence-corrected chi connectivity index (χ1v) is 13.1. The van der Waals surface area contributed by atoms with Crippen LogP contribution in [0.3, 0.4) is 0 Å². The van der Waals surface area contributed by atoms with Gasteiger partial charge in [0.2, 0.25) is 0 Å². The van der Waals surface area contributed by atoms with E-state index in [4.69, 9.17) is 4.74 Å². The van der Waals surface area contributed by atoms with Gasteiger partial charge in [0.15, 0.2) is 5.16 Å². The van der Waals surface area contributed by atoms with Crippen LogP contribution in [0.1, 0.15) is 65.0 Å². The third-order valence-corrected chi connectivity index (χ3v) is 7.10. The number of carbonyl (C=O) groups excluding carboxylic acids is 1. The van der Waals surface area contributed by atoms with Crippen molar-refractivity contribution in [2.45, 2.75) is 63.3 Å². The van der Waals surface area contributed by atoms with Crippen LogP contribution in [0.5, 0.6) is 5.75 Å². The number of benzene rings is 1. The summed E-state index contributed by atoms with van der Waals surface area (Å²) in [4.78, 5) is 16.9. The van der Waals surface area contributed by atoms with Gasteiger partial charge in [0.1, 0.15) is 28.9 Å². The van der Waals surface area contributed by atoms with Crippen molar-refractivity contribution in [3.8, 4) is 5.75 Å². The maximum atomic E-state index is 12.5. The zero-order valence-corrected chi connectivity index (χ0v) is 20.2. The summed E-state index contributed by atoms with van der Waals surface area (Å²) in [7, 11) is 0. The van der Waals surface area contributed by atoms with Gasteiger partial charge in [-0.2, -0.15) is 0 Å². The Bertz CT molecular complexity index is 1030. The van der Waals surface area contributed by atoms with Crippen LogP contribution in [0.25, 0.3) is 0 Å². The van der Waals surface area contributed by atoms with Gasteiger partial charge in [-0.15, -0.1) is 21.5 Å². The smallest absolute Gasteiger partial charge is 0.270 e. The minimum Gasteiger partial charge on any atom is -0.486 e. The van der Waals surface area contributed by atoms with E-state index in [-0.39, 0.29) is 5.91 Å². The van der Waals surface area contributed by atoms with Crippen LogP contribution in [0, 0.1) is 6.92 Å². The van der Waals surface area contributed by atoms with E-state index < -0.39 is 0 Å². The average Bonchev–Trinajstić information content (AvgIpc) is 3.56. The summed E-state index contributed by atoms with van der Waals surface area (Å²) in [6, 6.07) is 8.41. The molecule has 4 rings (SSSR count). The fourth-order valence-electron chi connectivity index (χ4n) is 3.95. The number of aromatic nitrogens is 4. The van der Waals surface area contributed by atoms with Gasteiger partial charge in [-0.1, -0.05) is 42.3 Å². The van der Waals surface area contributed by atoms with E-state index in [9.17, 15) is 4.79 Å². The highest BCUT2D eigenvalue weighted by Crippen LogP contribution is 2.33. The fraction of sp³-hybridized carbons (Fsp3) is 0.478. The number of aryl methyl sites for hydroxylation is 2. The average molecular weight is 472 g/mol. The number of thiazole rings is 1. The lowest BCUT2D eigenvalue weighted by atomic mass is 10.2. The Morgan fingerprint density at radius 2 is 2.03 bits per heavy atom. The SMILES string of the molecule is CSc1nnc(CCCNC(=O)c2csc(COc3ccc(C)cc3)n2)n1C1CCCC1. The molecule has 9 heteroatoms. The van der Waals surface area contributed by atoms with Crippen molar-refractivity contribution in [1.82, 2.24) is 25.1 Å². The zero-order valence-electron chi connectivity index (χ0n) is 18.5. The summed E-state index contributed by atoms with van der Waals surface area (Å²) in [6.45, 7) is 2.98. The molecule has 0 radical (unpaired) electrons. The van der Waals surface area contributed by atoms with Crippen LogP contribution < -0.4 is 10.1 Å². The van der Waals surface area contributed by atoms with Crippen LogP contribution >= 0.6 is 23.1 Å². The maximum absolute atomic E-state index is 12.5. The third-order valence-electron chi connectivity index (χ3n) is 5.64. The molecule has 2 aromatic heterocycles. The maximum Gasteiger partial charge on any atom is 0.270 e. The van der Waals surface area contributed by atoms with Gasteiger partial charge in [-0.05, 0) is 44.6 Å². The predicted octanol–water partition coefficient (Wildman–Crippen LogP) is 4.82. The summed E-state index contributed by atoms with van der Waals surface area (Å²) in [5, 5.41) is 15.3. The van der Waals surface area contributed by atoms with Crippen molar-refractivity contribution < 1.29 is 9.53 Å². The van der Waals surface area contributed by atoms with Gasteiger partial charge < -0.3 is 14.6 Å². The number of amides is 1. The predicted molar refractivity (Wildman–Crippen MR) is 128 cm³/mol. The lowest BCUT2D eigenvalue weighted by Gasteiger charge is -2.16. The molecule has 0 aliphatic heterocycles. The van der Waals surface area contributed by atoms with Crippen molar-refractivity contribution in [3.05, 3.63) is 51.7 Å². The molecule has 2 heterocycles. The molecular weight excluding hydrogens is 442 g/mol. The fourth-order valence-corrected chi connectivity index (χ4v) is 5.21. The number of rotatable bonds is 10. The Kier molecular flexibility index (Phi) is 7.81. The van der Waals surface area contributed by atoms with E-state index in [1.54, 1.807) is 17.1 Å². The van der Waals surface area contributed by atoms with Crippen molar-refractivity contribution >= 4 is 29.0 Å². The van der Waals surface area contributed by atoms with E-state index >= 15 is 0 Å². The highest BCUT2D eigenvalue weighted by molar-refractivity contribution is 7.98. The summed E-state index contributed by atoms with van der Waals surface area (Å²) in [5.41, 5.74) is 1.63. The molecule has 3 aromatic rings. The van der Waals surface area contributed by atoms with E-state index in [0.717, 1.165) is 34.6 Å². The normalized spacial score (nSPS) is 14.1. The molecule has 0 unspecified atom stereocenters. The quantitative estimate of drug-likeness (QED) is 0.337. The van der Waals surface area contributed by atoms with Crippen molar-refractivity contribution in [3.63, 3.8) is 0 Å². The van der Waals surface area contributed by atoms with Gasteiger partial charge in [-0.25, -0.2) is 4.98 Å². The number of thioether (sulfide) groups is 1. The van der Waals surface area contributed by atoms with Crippen molar-refractivity contribution in [2.75, 3.05) is 12.8 Å². The van der Waals surface area contributed by atoms with Gasteiger partial charge in [-0.3, -0.25) is 4.79 Å². The lowest BCUT2D eigenvalue weighted by Crippen LogP contribution is -2.25. The highest BCUT2D eigenvalue weighted by atomic mass is 32.2. The third kappa shape index (κ3) is 5.69. The van der Waals surface area contributed by atoms with E-state index in [0.29, 0.717) is 24.9 Å². The van der Waals surface area contributed by atoms with E-state index in [2.05, 4.69) is 25.1 Å². The summed E-state index contributed by atoms with van der Waals surface area (Å²) >= 11 is 3.09. The number of ether oxygens (including phenoxy) is 1. The summed E-state index contributed by atoms with van der Waals surface area (Å²) in [6.07, 6.45) is 8.63. The molecule has 1 fully saturated rings. The molecule has 1 amide bonds. The topological polar surface area (TPSA) is 81.9 Å². The standard InChI is InChI=1S/C23H29N5O2S2/c1-16-9-11-18(12-10-16)30-14-21-25-19(15-32-21)22(29)24-13-5-8-20-26-27-23(31-2)28(20)17-6-3-4-7-17/h9-12,15,17H,3-8,13-14H2,1-2H3,(H,24,29). The molecule has 0 spiro atoms. The van der Waals surface area contributed by atoms with Crippen molar-refractivity contribution in [1.29, 1.82) is 0 Å². The molecule has 1 aliphatic rings. The van der Waals surface area contributed by atoms with Gasteiger partial charge >= 0.3 is 0 Å². The molecule has 0 atom stereocenters. The molecule has 0 saturated heterocycles. The monoisotopic (exact) mass is 471 g/mol. The molecule has 170 valence electrons. The zero-order chi connectivity index (χ0) is 22.3. The summed E-state index contributed by atoms with van der Waals surface area (Å²) in [5.74, 6) is 1.68. The number of carbonyl (C=O) groups is 1. The van der Waals surface area contributed by atoms with Crippen LogP contribution in [0.4, 0.5) is 0 Å². The van der Waals surface area contributed by atoms with Crippen LogP contribution in [-0.2, 0) is 13.0 Å². The Labute approximate surface area is 197 Å². The van der Waals surface area contributed by atoms with Gasteiger partial charge in [0.25, 0.3) is 5.91 Å². The van der Waals surface area contributed by atoms with Crippen LogP contribution in [0.2, 0.25) is 0 Å². The second-order valence-corrected chi connectivity index (χ2v) is 9.71. The van der Waals surface area contributed by atoms with Crippen molar-refractivity contribution in [2.24, 2.45) is 0 Å². The van der Waals surface area contributed by atoms with Gasteiger partial charge in [0, 0.05) is 24.4 Å². The number of hydrogen-bond donors (Lipinski definition) is 1. The molecule has 1 saturated carbocycles. The molecule has 0 bridgehead atoms. The molecule has 1 N–H and O–H groups in total. The second kappa shape index (κ2) is 11.0. The van der Waals surface area contributed by atoms with Crippen LogP contribution in [0.15, 0.2) is 34.8 Å². The molecule has 1 aliphatic carbocycles. The minimum atomic E-state index is -0.148. The highest BCUT2D eigenvalue weighted by Gasteiger charge is 2.23. The van der Waals surface area contributed by atoms with Crippen LogP contribution in [-0.4, -0.2) is 38.5 Å². The minimum absolute atomic E-state index is 0.148. The summed E-state index contributed by atoms with van der Waals surface area (Å²) < 4.78 is 8.07. The first kappa shape index (κ1) is 22.8. The molecule has 32 heavy (non-hydrogen) atoms. The van der Waals surface area contributed by atoms with E-state index in [1.807, 2.05) is 37.4 Å².